The second kappa shape index (κ2) is 3.76. The maximum absolute atomic E-state index is 11.8. The molecule has 2 rings (SSSR count). The van der Waals surface area contributed by atoms with Crippen molar-refractivity contribution < 1.29 is 9.90 Å². The summed E-state index contributed by atoms with van der Waals surface area (Å²) in [7, 11) is 0. The molecule has 0 bridgehead atoms. The lowest BCUT2D eigenvalue weighted by Crippen LogP contribution is -2.25. The summed E-state index contributed by atoms with van der Waals surface area (Å²) in [4.78, 5) is 25.4. The van der Waals surface area contributed by atoms with Gasteiger partial charge in [-0.2, -0.15) is 0 Å². The molecule has 17 heavy (non-hydrogen) atoms. The van der Waals surface area contributed by atoms with Crippen LogP contribution in [0.15, 0.2) is 16.9 Å². The van der Waals surface area contributed by atoms with Gasteiger partial charge in [0.2, 0.25) is 0 Å². The van der Waals surface area contributed by atoms with E-state index in [1.807, 2.05) is 26.0 Å². The fourth-order valence-electron chi connectivity index (χ4n) is 1.88. The van der Waals surface area contributed by atoms with Gasteiger partial charge in [-0.3, -0.25) is 4.57 Å². The summed E-state index contributed by atoms with van der Waals surface area (Å²) in [6.45, 7) is 5.37. The first-order valence-corrected chi connectivity index (χ1v) is 5.36. The Morgan fingerprint density at radius 1 is 1.35 bits per heavy atom. The fourth-order valence-corrected chi connectivity index (χ4v) is 1.88. The molecule has 0 saturated heterocycles. The third-order valence-electron chi connectivity index (χ3n) is 3.08. The number of benzene rings is 1. The molecular formula is C12H14N2O3. The van der Waals surface area contributed by atoms with Crippen molar-refractivity contribution in [1.82, 2.24) is 9.55 Å². The zero-order valence-corrected chi connectivity index (χ0v) is 9.94. The monoisotopic (exact) mass is 234 g/mol. The largest absolute Gasteiger partial charge is 0.480 e. The van der Waals surface area contributed by atoms with E-state index in [2.05, 4.69) is 4.98 Å². The molecular weight excluding hydrogens is 220 g/mol. The number of carboxylic acids is 1. The Hall–Kier alpha value is -2.04. The van der Waals surface area contributed by atoms with E-state index in [-0.39, 0.29) is 5.69 Å². The fraction of sp³-hybridized carbons (Fsp3) is 0.333. The second-order valence-corrected chi connectivity index (χ2v) is 4.27. The van der Waals surface area contributed by atoms with Crippen molar-refractivity contribution in [3.63, 3.8) is 0 Å². The molecule has 0 radical (unpaired) electrons. The normalized spacial score (nSPS) is 12.9. The minimum atomic E-state index is -1.02. The summed E-state index contributed by atoms with van der Waals surface area (Å²) in [5, 5.41) is 8.99. The van der Waals surface area contributed by atoms with E-state index in [0.29, 0.717) is 11.0 Å². The van der Waals surface area contributed by atoms with Gasteiger partial charge in [-0.1, -0.05) is 0 Å². The van der Waals surface area contributed by atoms with Crippen molar-refractivity contribution in [2.24, 2.45) is 0 Å². The first kappa shape index (κ1) is 11.4. The van der Waals surface area contributed by atoms with Crippen LogP contribution < -0.4 is 5.69 Å². The number of aliphatic carboxylic acids is 1. The third kappa shape index (κ3) is 1.73. The van der Waals surface area contributed by atoms with Gasteiger partial charge in [-0.15, -0.1) is 0 Å². The zero-order chi connectivity index (χ0) is 12.7. The molecule has 2 N–H and O–H groups in total. The number of aryl methyl sites for hydroxylation is 2. The Labute approximate surface area is 97.7 Å². The number of imidazole rings is 1. The van der Waals surface area contributed by atoms with E-state index in [1.54, 1.807) is 0 Å². The summed E-state index contributed by atoms with van der Waals surface area (Å²) in [5.41, 5.74) is 3.01. The first-order chi connectivity index (χ1) is 7.91. The molecule has 2 aromatic rings. The maximum Gasteiger partial charge on any atom is 0.327 e. The second-order valence-electron chi connectivity index (χ2n) is 4.27. The number of carboxylic acid groups (broad SMARTS) is 1. The number of aromatic amines is 1. The van der Waals surface area contributed by atoms with Crippen molar-refractivity contribution in [3.8, 4) is 0 Å². The SMILES string of the molecule is Cc1cc2[nH]c(=O)n(C(C)C(=O)O)c2cc1C. The number of carbonyl (C=O) groups is 1. The number of nitrogens with zero attached hydrogens (tertiary/aromatic N) is 1. The number of hydrogen-bond donors (Lipinski definition) is 2. The van der Waals surface area contributed by atoms with E-state index in [4.69, 9.17) is 5.11 Å². The van der Waals surface area contributed by atoms with Crippen LogP contribution in [0.5, 0.6) is 0 Å². The number of H-pyrrole nitrogens is 1. The topological polar surface area (TPSA) is 75.1 Å². The Balaban J connectivity index is 2.80. The quantitative estimate of drug-likeness (QED) is 0.828. The molecule has 1 atom stereocenters. The van der Waals surface area contributed by atoms with Crippen LogP contribution in [0.1, 0.15) is 24.1 Å². The molecule has 1 aromatic carbocycles. The number of fused-ring (bicyclic) bond motifs is 1. The van der Waals surface area contributed by atoms with Gasteiger partial charge in [0.15, 0.2) is 0 Å². The molecule has 0 aliphatic heterocycles. The molecule has 5 nitrogen and oxygen atoms in total. The number of hydrogen-bond acceptors (Lipinski definition) is 2. The number of rotatable bonds is 2. The van der Waals surface area contributed by atoms with Gasteiger partial charge in [0.25, 0.3) is 0 Å². The van der Waals surface area contributed by atoms with Crippen molar-refractivity contribution >= 4 is 17.0 Å². The molecule has 0 saturated carbocycles. The van der Waals surface area contributed by atoms with E-state index in [1.165, 1.54) is 11.5 Å². The van der Waals surface area contributed by atoms with Crippen LogP contribution in [-0.4, -0.2) is 20.6 Å². The molecule has 5 heteroatoms. The van der Waals surface area contributed by atoms with Crippen molar-refractivity contribution in [2.45, 2.75) is 26.8 Å². The third-order valence-corrected chi connectivity index (χ3v) is 3.08. The van der Waals surface area contributed by atoms with Crippen LogP contribution in [-0.2, 0) is 4.79 Å². The Bertz CT molecular complexity index is 652. The maximum atomic E-state index is 11.8. The molecule has 90 valence electrons. The predicted molar refractivity (Wildman–Crippen MR) is 64.4 cm³/mol. The lowest BCUT2D eigenvalue weighted by atomic mass is 10.1. The van der Waals surface area contributed by atoms with Crippen molar-refractivity contribution in [2.75, 3.05) is 0 Å². The Morgan fingerprint density at radius 2 is 1.94 bits per heavy atom. The molecule has 0 aliphatic rings. The summed E-state index contributed by atoms with van der Waals surface area (Å²) >= 11 is 0. The summed E-state index contributed by atoms with van der Waals surface area (Å²) in [6, 6.07) is 2.82. The van der Waals surface area contributed by atoms with Gasteiger partial charge < -0.3 is 10.1 Å². The highest BCUT2D eigenvalue weighted by Gasteiger charge is 2.19. The average Bonchev–Trinajstić information content (AvgIpc) is 2.53. The van der Waals surface area contributed by atoms with Gasteiger partial charge in [0.1, 0.15) is 6.04 Å². The average molecular weight is 234 g/mol. The molecule has 0 fully saturated rings. The van der Waals surface area contributed by atoms with Crippen molar-refractivity contribution in [3.05, 3.63) is 33.7 Å². The van der Waals surface area contributed by atoms with Gasteiger partial charge >= 0.3 is 11.7 Å². The highest BCUT2D eigenvalue weighted by atomic mass is 16.4. The van der Waals surface area contributed by atoms with Gasteiger partial charge in [0, 0.05) is 0 Å². The molecule has 1 aromatic heterocycles. The molecule has 1 unspecified atom stereocenters. The summed E-state index contributed by atoms with van der Waals surface area (Å²) in [6.07, 6.45) is 0. The number of aromatic nitrogens is 2. The zero-order valence-electron chi connectivity index (χ0n) is 9.94. The lowest BCUT2D eigenvalue weighted by Gasteiger charge is -2.09. The van der Waals surface area contributed by atoms with E-state index in [0.717, 1.165) is 11.1 Å². The summed E-state index contributed by atoms with van der Waals surface area (Å²) < 4.78 is 1.27. The highest BCUT2D eigenvalue weighted by molar-refractivity contribution is 5.80. The minimum Gasteiger partial charge on any atom is -0.480 e. The van der Waals surface area contributed by atoms with Gasteiger partial charge in [-0.25, -0.2) is 9.59 Å². The van der Waals surface area contributed by atoms with Crippen LogP contribution in [0.3, 0.4) is 0 Å². The van der Waals surface area contributed by atoms with Gasteiger partial charge in [0.05, 0.1) is 11.0 Å². The highest BCUT2D eigenvalue weighted by Crippen LogP contribution is 2.19. The molecule has 0 spiro atoms. The van der Waals surface area contributed by atoms with Crippen LogP contribution >= 0.6 is 0 Å². The van der Waals surface area contributed by atoms with E-state index >= 15 is 0 Å². The van der Waals surface area contributed by atoms with E-state index < -0.39 is 12.0 Å². The molecule has 0 aliphatic carbocycles. The Morgan fingerprint density at radius 3 is 2.53 bits per heavy atom. The smallest absolute Gasteiger partial charge is 0.327 e. The summed E-state index contributed by atoms with van der Waals surface area (Å²) in [5.74, 6) is -1.02. The van der Waals surface area contributed by atoms with Crippen LogP contribution in [0.4, 0.5) is 0 Å². The molecule has 1 heterocycles. The van der Waals surface area contributed by atoms with Crippen molar-refractivity contribution in [1.29, 1.82) is 0 Å². The minimum absolute atomic E-state index is 0.389. The van der Waals surface area contributed by atoms with E-state index in [9.17, 15) is 9.59 Å². The van der Waals surface area contributed by atoms with Crippen LogP contribution in [0.25, 0.3) is 11.0 Å². The standard InChI is InChI=1S/C12H14N2O3/c1-6-4-9-10(5-7(6)2)14(12(17)13-9)8(3)11(15)16/h4-5,8H,1-3H3,(H,13,17)(H,15,16). The first-order valence-electron chi connectivity index (χ1n) is 5.36. The van der Waals surface area contributed by atoms with Gasteiger partial charge in [-0.05, 0) is 44.0 Å². The number of nitrogens with one attached hydrogen (secondary N) is 1. The predicted octanol–water partition coefficient (Wildman–Crippen LogP) is 1.59. The molecule has 0 amide bonds. The Kier molecular flexibility index (Phi) is 2.53. The van der Waals surface area contributed by atoms with Crippen LogP contribution in [0, 0.1) is 13.8 Å². The lowest BCUT2D eigenvalue weighted by molar-refractivity contribution is -0.140. The van der Waals surface area contributed by atoms with Crippen LogP contribution in [0.2, 0.25) is 0 Å².